The van der Waals surface area contributed by atoms with Crippen molar-refractivity contribution in [3.8, 4) is 0 Å². The minimum Gasteiger partial charge on any atom is -0.360 e. The van der Waals surface area contributed by atoms with E-state index < -0.39 is 11.2 Å². The summed E-state index contributed by atoms with van der Waals surface area (Å²) in [7, 11) is 0. The summed E-state index contributed by atoms with van der Waals surface area (Å²) in [6.45, 7) is 0.587. The second kappa shape index (κ2) is 6.24. The fourth-order valence-corrected chi connectivity index (χ4v) is 1.83. The third-order valence-electron chi connectivity index (χ3n) is 1.75. The summed E-state index contributed by atoms with van der Waals surface area (Å²) < 4.78 is 36.5. The summed E-state index contributed by atoms with van der Waals surface area (Å²) in [4.78, 5) is 0. The van der Waals surface area contributed by atoms with Crippen LogP contribution in [0, 0.1) is 0 Å². The van der Waals surface area contributed by atoms with Crippen molar-refractivity contribution >= 4 is 28.1 Å². The zero-order chi connectivity index (χ0) is 12.0. The SMILES string of the molecule is FC(F)(F)c1nnc(NCCCCCCl)s1. The monoisotopic (exact) mass is 273 g/mol. The molecule has 3 nitrogen and oxygen atoms in total. The first kappa shape index (κ1) is 13.5. The largest absolute Gasteiger partial charge is 0.445 e. The number of anilines is 1. The Hall–Kier alpha value is -0.560. The predicted molar refractivity (Wildman–Crippen MR) is 58.0 cm³/mol. The second-order valence-corrected chi connectivity index (χ2v) is 4.44. The highest BCUT2D eigenvalue weighted by Crippen LogP contribution is 2.32. The lowest BCUT2D eigenvalue weighted by atomic mass is 10.2. The number of rotatable bonds is 6. The molecule has 1 aromatic rings. The van der Waals surface area contributed by atoms with E-state index >= 15 is 0 Å². The van der Waals surface area contributed by atoms with E-state index in [2.05, 4.69) is 15.5 Å². The van der Waals surface area contributed by atoms with Crippen molar-refractivity contribution in [2.24, 2.45) is 0 Å². The van der Waals surface area contributed by atoms with Crippen molar-refractivity contribution in [2.45, 2.75) is 25.4 Å². The summed E-state index contributed by atoms with van der Waals surface area (Å²) in [5, 5.41) is 8.56. The topological polar surface area (TPSA) is 37.8 Å². The molecule has 0 aliphatic rings. The average molecular weight is 274 g/mol. The van der Waals surface area contributed by atoms with Gasteiger partial charge in [0.1, 0.15) is 0 Å². The minimum absolute atomic E-state index is 0.207. The summed E-state index contributed by atoms with van der Waals surface area (Å²) in [5.41, 5.74) is 0. The molecule has 16 heavy (non-hydrogen) atoms. The van der Waals surface area contributed by atoms with Gasteiger partial charge in [-0.1, -0.05) is 17.8 Å². The Bertz CT molecular complexity index is 316. The Morgan fingerprint density at radius 1 is 1.19 bits per heavy atom. The molecule has 1 N–H and O–H groups in total. The molecule has 1 aromatic heterocycles. The third kappa shape index (κ3) is 4.52. The van der Waals surface area contributed by atoms with E-state index in [4.69, 9.17) is 11.6 Å². The Labute approximate surface area is 100 Å². The Morgan fingerprint density at radius 3 is 2.50 bits per heavy atom. The molecule has 0 aromatic carbocycles. The molecule has 0 aliphatic carbocycles. The van der Waals surface area contributed by atoms with Crippen LogP contribution in [0.4, 0.5) is 18.3 Å². The fraction of sp³-hybridized carbons (Fsp3) is 0.750. The number of aromatic nitrogens is 2. The van der Waals surface area contributed by atoms with Crippen molar-refractivity contribution < 1.29 is 13.2 Å². The lowest BCUT2D eigenvalue weighted by molar-refractivity contribution is -0.138. The maximum atomic E-state index is 12.2. The highest BCUT2D eigenvalue weighted by molar-refractivity contribution is 7.15. The van der Waals surface area contributed by atoms with Crippen molar-refractivity contribution in [3.05, 3.63) is 5.01 Å². The van der Waals surface area contributed by atoms with Crippen LogP contribution in [0.1, 0.15) is 24.3 Å². The van der Waals surface area contributed by atoms with Gasteiger partial charge in [-0.15, -0.1) is 21.8 Å². The summed E-state index contributed by atoms with van der Waals surface area (Å²) in [5.74, 6) is 0.608. The van der Waals surface area contributed by atoms with E-state index in [1.54, 1.807) is 0 Å². The first-order chi connectivity index (χ1) is 7.54. The van der Waals surface area contributed by atoms with E-state index in [1.807, 2.05) is 0 Å². The van der Waals surface area contributed by atoms with Gasteiger partial charge in [0.25, 0.3) is 0 Å². The van der Waals surface area contributed by atoms with E-state index in [9.17, 15) is 13.2 Å². The number of nitrogens with zero attached hydrogens (tertiary/aromatic N) is 2. The number of halogens is 4. The van der Waals surface area contributed by atoms with Gasteiger partial charge in [0.05, 0.1) is 0 Å². The molecule has 0 bridgehead atoms. The first-order valence-electron chi connectivity index (χ1n) is 4.74. The highest BCUT2D eigenvalue weighted by atomic mass is 35.5. The number of unbranched alkanes of at least 4 members (excludes halogenated alkanes) is 2. The smallest absolute Gasteiger partial charge is 0.360 e. The summed E-state index contributed by atoms with van der Waals surface area (Å²) in [6.07, 6.45) is -1.70. The van der Waals surface area contributed by atoms with E-state index in [-0.39, 0.29) is 5.13 Å². The Balaban J connectivity index is 2.30. The van der Waals surface area contributed by atoms with Gasteiger partial charge in [-0.3, -0.25) is 0 Å². The minimum atomic E-state index is -4.41. The molecule has 0 aliphatic heterocycles. The van der Waals surface area contributed by atoms with Gasteiger partial charge in [-0.25, -0.2) is 0 Å². The number of hydrogen-bond acceptors (Lipinski definition) is 4. The van der Waals surface area contributed by atoms with Crippen molar-refractivity contribution in [1.82, 2.24) is 10.2 Å². The van der Waals surface area contributed by atoms with Crippen LogP contribution in [0.2, 0.25) is 0 Å². The van der Waals surface area contributed by atoms with E-state index in [1.165, 1.54) is 0 Å². The lowest BCUT2D eigenvalue weighted by Crippen LogP contribution is -2.03. The van der Waals surface area contributed by atoms with E-state index in [0.717, 1.165) is 19.3 Å². The van der Waals surface area contributed by atoms with Crippen LogP contribution < -0.4 is 5.32 Å². The predicted octanol–water partition coefficient (Wildman–Crippen LogP) is 3.38. The molecular weight excluding hydrogens is 263 g/mol. The molecule has 0 amide bonds. The van der Waals surface area contributed by atoms with Crippen LogP contribution in [0.15, 0.2) is 0 Å². The highest BCUT2D eigenvalue weighted by Gasteiger charge is 2.35. The molecule has 0 radical (unpaired) electrons. The lowest BCUT2D eigenvalue weighted by Gasteiger charge is -2.00. The summed E-state index contributed by atoms with van der Waals surface area (Å²) in [6, 6.07) is 0. The van der Waals surface area contributed by atoms with Gasteiger partial charge < -0.3 is 5.32 Å². The maximum absolute atomic E-state index is 12.2. The molecule has 0 saturated heterocycles. The van der Waals surface area contributed by atoms with Gasteiger partial charge in [0, 0.05) is 12.4 Å². The molecule has 0 saturated carbocycles. The normalized spacial score (nSPS) is 11.8. The molecule has 1 heterocycles. The zero-order valence-corrected chi connectivity index (χ0v) is 9.92. The van der Waals surface area contributed by atoms with Crippen molar-refractivity contribution in [3.63, 3.8) is 0 Å². The van der Waals surface area contributed by atoms with Crippen LogP contribution in [-0.4, -0.2) is 22.6 Å². The standard InChI is InChI=1S/C8H11ClF3N3S/c9-4-2-1-3-5-13-7-15-14-6(16-7)8(10,11)12/h1-5H2,(H,13,15). The van der Waals surface area contributed by atoms with Gasteiger partial charge >= 0.3 is 6.18 Å². The van der Waals surface area contributed by atoms with Crippen LogP contribution in [0.5, 0.6) is 0 Å². The summed E-state index contributed by atoms with van der Waals surface area (Å²) >= 11 is 6.00. The van der Waals surface area contributed by atoms with E-state index in [0.29, 0.717) is 23.8 Å². The number of alkyl halides is 4. The van der Waals surface area contributed by atoms with Gasteiger partial charge in [0.2, 0.25) is 10.1 Å². The molecule has 0 spiro atoms. The van der Waals surface area contributed by atoms with Gasteiger partial charge in [-0.05, 0) is 12.8 Å². The van der Waals surface area contributed by atoms with Gasteiger partial charge in [0.15, 0.2) is 0 Å². The molecule has 0 unspecified atom stereocenters. The van der Waals surface area contributed by atoms with Crippen LogP contribution in [-0.2, 0) is 6.18 Å². The Morgan fingerprint density at radius 2 is 1.94 bits per heavy atom. The molecule has 92 valence electrons. The number of hydrogen-bond donors (Lipinski definition) is 1. The average Bonchev–Trinajstić information content (AvgIpc) is 2.65. The first-order valence-corrected chi connectivity index (χ1v) is 6.09. The second-order valence-electron chi connectivity index (χ2n) is 3.09. The fourth-order valence-electron chi connectivity index (χ4n) is 1.00. The van der Waals surface area contributed by atoms with Crippen LogP contribution in [0.3, 0.4) is 0 Å². The quantitative estimate of drug-likeness (QED) is 0.638. The zero-order valence-electron chi connectivity index (χ0n) is 8.35. The number of nitrogens with one attached hydrogen (secondary N) is 1. The molecule has 0 atom stereocenters. The molecule has 1 rings (SSSR count). The molecule has 0 fully saturated rings. The molecular formula is C8H11ClF3N3S. The van der Waals surface area contributed by atoms with Crippen LogP contribution in [0.25, 0.3) is 0 Å². The van der Waals surface area contributed by atoms with Crippen molar-refractivity contribution in [1.29, 1.82) is 0 Å². The third-order valence-corrected chi connectivity index (χ3v) is 2.95. The maximum Gasteiger partial charge on any atom is 0.445 e. The van der Waals surface area contributed by atoms with Crippen molar-refractivity contribution in [2.75, 3.05) is 17.7 Å². The Kier molecular flexibility index (Phi) is 5.27. The molecule has 8 heteroatoms. The van der Waals surface area contributed by atoms with Gasteiger partial charge in [-0.2, -0.15) is 13.2 Å². The van der Waals surface area contributed by atoms with Crippen LogP contribution >= 0.6 is 22.9 Å².